The summed E-state index contributed by atoms with van der Waals surface area (Å²) in [6.07, 6.45) is 4.77. The predicted molar refractivity (Wildman–Crippen MR) is 70.1 cm³/mol. The largest absolute Gasteiger partial charge is 0.355 e. The van der Waals surface area contributed by atoms with E-state index in [-0.39, 0.29) is 11.9 Å². The first-order valence-corrected chi connectivity index (χ1v) is 6.62. The zero-order valence-electron chi connectivity index (χ0n) is 11.4. The highest BCUT2D eigenvalue weighted by Gasteiger charge is 2.24. The molecule has 1 fully saturated rings. The Kier molecular flexibility index (Phi) is 4.01. The van der Waals surface area contributed by atoms with Crippen molar-refractivity contribution >= 4 is 5.91 Å². The van der Waals surface area contributed by atoms with Gasteiger partial charge in [-0.25, -0.2) is 4.98 Å². The average Bonchev–Trinajstić information content (AvgIpc) is 2.73. The first-order chi connectivity index (χ1) is 8.59. The molecule has 1 atom stereocenters. The lowest BCUT2D eigenvalue weighted by Crippen LogP contribution is -2.41. The van der Waals surface area contributed by atoms with Crippen molar-refractivity contribution in [2.45, 2.75) is 45.8 Å². The van der Waals surface area contributed by atoms with Crippen LogP contribution in [0.15, 0.2) is 12.5 Å². The summed E-state index contributed by atoms with van der Waals surface area (Å²) in [4.78, 5) is 18.2. The van der Waals surface area contributed by atoms with Crippen molar-refractivity contribution in [2.24, 2.45) is 0 Å². The van der Waals surface area contributed by atoms with Gasteiger partial charge in [0.2, 0.25) is 5.91 Å². The van der Waals surface area contributed by atoms with Gasteiger partial charge in [0.15, 0.2) is 0 Å². The molecule has 1 aromatic heterocycles. The van der Waals surface area contributed by atoms with E-state index in [0.717, 1.165) is 26.1 Å². The van der Waals surface area contributed by atoms with Crippen LogP contribution >= 0.6 is 0 Å². The fourth-order valence-electron chi connectivity index (χ4n) is 2.34. The lowest BCUT2D eigenvalue weighted by Gasteiger charge is -2.26. The molecule has 100 valence electrons. The minimum Gasteiger partial charge on any atom is -0.355 e. The lowest BCUT2D eigenvalue weighted by atomic mass is 10.2. The van der Waals surface area contributed by atoms with E-state index in [0.29, 0.717) is 6.04 Å². The van der Waals surface area contributed by atoms with Crippen LogP contribution in [0.4, 0.5) is 0 Å². The molecule has 0 aliphatic carbocycles. The van der Waals surface area contributed by atoms with Gasteiger partial charge in [0.25, 0.3) is 0 Å². The summed E-state index contributed by atoms with van der Waals surface area (Å²) < 4.78 is 2.16. The highest BCUT2D eigenvalue weighted by atomic mass is 16.2. The van der Waals surface area contributed by atoms with Crippen molar-refractivity contribution in [3.05, 3.63) is 18.2 Å². The zero-order valence-corrected chi connectivity index (χ0v) is 11.4. The average molecular weight is 250 g/mol. The van der Waals surface area contributed by atoms with E-state index in [4.69, 9.17) is 0 Å². The van der Waals surface area contributed by atoms with Gasteiger partial charge in [0, 0.05) is 31.9 Å². The molecule has 5 heteroatoms. The van der Waals surface area contributed by atoms with Crippen LogP contribution < -0.4 is 5.32 Å². The van der Waals surface area contributed by atoms with Gasteiger partial charge >= 0.3 is 0 Å². The Morgan fingerprint density at radius 2 is 2.33 bits per heavy atom. The van der Waals surface area contributed by atoms with E-state index >= 15 is 0 Å². The van der Waals surface area contributed by atoms with Crippen LogP contribution in [-0.2, 0) is 11.3 Å². The first-order valence-electron chi connectivity index (χ1n) is 6.62. The fraction of sp³-hybridized carbons (Fsp3) is 0.692. The first kappa shape index (κ1) is 13.1. The van der Waals surface area contributed by atoms with Crippen LogP contribution in [0.1, 0.15) is 38.9 Å². The summed E-state index contributed by atoms with van der Waals surface area (Å²) >= 11 is 0. The molecule has 0 bridgehead atoms. The van der Waals surface area contributed by atoms with E-state index in [1.165, 1.54) is 5.69 Å². The van der Waals surface area contributed by atoms with Gasteiger partial charge in [-0.05, 0) is 27.2 Å². The van der Waals surface area contributed by atoms with Gasteiger partial charge in [-0.2, -0.15) is 0 Å². The molecule has 2 heterocycles. The molecule has 0 saturated carbocycles. The molecular weight excluding hydrogens is 228 g/mol. The topological polar surface area (TPSA) is 50.2 Å². The lowest BCUT2D eigenvalue weighted by molar-refractivity contribution is -0.125. The SMILES string of the molecule is CC1C(=O)NCCCN1Cc1cncn1C(C)C. The Balaban J connectivity index is 2.11. The second-order valence-electron chi connectivity index (χ2n) is 5.18. The van der Waals surface area contributed by atoms with Gasteiger partial charge in [0.1, 0.15) is 0 Å². The number of aromatic nitrogens is 2. The van der Waals surface area contributed by atoms with Gasteiger partial charge in [-0.1, -0.05) is 0 Å². The molecule has 1 aliphatic rings. The van der Waals surface area contributed by atoms with Crippen LogP contribution in [0.25, 0.3) is 0 Å². The standard InChI is InChI=1S/C13H22N4O/c1-10(2)17-9-14-7-12(17)8-16-6-4-5-15-13(18)11(16)3/h7,9-11H,4-6,8H2,1-3H3,(H,15,18). The predicted octanol–water partition coefficient (Wildman–Crippen LogP) is 1.17. The van der Waals surface area contributed by atoms with E-state index < -0.39 is 0 Å². The summed E-state index contributed by atoms with van der Waals surface area (Å²) in [6, 6.07) is 0.335. The van der Waals surface area contributed by atoms with Crippen LogP contribution in [0.2, 0.25) is 0 Å². The summed E-state index contributed by atoms with van der Waals surface area (Å²) in [5.41, 5.74) is 1.17. The molecule has 0 radical (unpaired) electrons. The van der Waals surface area contributed by atoms with Crippen molar-refractivity contribution in [2.75, 3.05) is 13.1 Å². The molecule has 1 aliphatic heterocycles. The van der Waals surface area contributed by atoms with Gasteiger partial charge < -0.3 is 9.88 Å². The molecule has 1 N–H and O–H groups in total. The monoisotopic (exact) mass is 250 g/mol. The maximum absolute atomic E-state index is 11.8. The number of rotatable bonds is 3. The Hall–Kier alpha value is -1.36. The second kappa shape index (κ2) is 5.52. The van der Waals surface area contributed by atoms with E-state index in [9.17, 15) is 4.79 Å². The highest BCUT2D eigenvalue weighted by Crippen LogP contribution is 2.14. The normalized spacial score (nSPS) is 22.0. The quantitative estimate of drug-likeness (QED) is 0.876. The minimum absolute atomic E-state index is 0.0667. The van der Waals surface area contributed by atoms with Crippen LogP contribution in [-0.4, -0.2) is 39.5 Å². The number of hydrogen-bond donors (Lipinski definition) is 1. The summed E-state index contributed by atoms with van der Waals surface area (Å²) in [6.45, 7) is 8.77. The molecule has 18 heavy (non-hydrogen) atoms. The van der Waals surface area contributed by atoms with Gasteiger partial charge in [0.05, 0.1) is 18.1 Å². The van der Waals surface area contributed by atoms with Crippen molar-refractivity contribution in [1.29, 1.82) is 0 Å². The molecule has 0 spiro atoms. The molecule has 1 aromatic rings. The molecular formula is C13H22N4O. The van der Waals surface area contributed by atoms with Crippen LogP contribution in [0.5, 0.6) is 0 Å². The van der Waals surface area contributed by atoms with Crippen molar-refractivity contribution in [3.8, 4) is 0 Å². The number of carbonyl (C=O) groups is 1. The number of amides is 1. The van der Waals surface area contributed by atoms with E-state index in [1.807, 2.05) is 19.4 Å². The molecule has 1 saturated heterocycles. The Labute approximate surface area is 108 Å². The summed E-state index contributed by atoms with van der Waals surface area (Å²) in [5, 5.41) is 2.94. The third-order valence-corrected chi connectivity index (χ3v) is 3.52. The fourth-order valence-corrected chi connectivity index (χ4v) is 2.34. The number of imidazole rings is 1. The molecule has 1 unspecified atom stereocenters. The van der Waals surface area contributed by atoms with Crippen LogP contribution in [0, 0.1) is 0 Å². The summed E-state index contributed by atoms with van der Waals surface area (Å²) in [7, 11) is 0. The van der Waals surface area contributed by atoms with Crippen molar-refractivity contribution in [1.82, 2.24) is 19.8 Å². The maximum Gasteiger partial charge on any atom is 0.237 e. The highest BCUT2D eigenvalue weighted by molar-refractivity contribution is 5.81. The summed E-state index contributed by atoms with van der Waals surface area (Å²) in [5.74, 6) is 0.128. The van der Waals surface area contributed by atoms with Crippen molar-refractivity contribution in [3.63, 3.8) is 0 Å². The Morgan fingerprint density at radius 3 is 3.06 bits per heavy atom. The van der Waals surface area contributed by atoms with Crippen LogP contribution in [0.3, 0.4) is 0 Å². The second-order valence-corrected chi connectivity index (χ2v) is 5.18. The van der Waals surface area contributed by atoms with Crippen molar-refractivity contribution < 1.29 is 4.79 Å². The van der Waals surface area contributed by atoms with Gasteiger partial charge in [-0.15, -0.1) is 0 Å². The zero-order chi connectivity index (χ0) is 13.1. The molecule has 2 rings (SSSR count). The van der Waals surface area contributed by atoms with E-state index in [2.05, 4.69) is 33.6 Å². The molecule has 1 amide bonds. The Morgan fingerprint density at radius 1 is 1.56 bits per heavy atom. The van der Waals surface area contributed by atoms with E-state index in [1.54, 1.807) is 0 Å². The Bertz CT molecular complexity index is 413. The number of hydrogen-bond acceptors (Lipinski definition) is 3. The number of nitrogens with zero attached hydrogens (tertiary/aromatic N) is 3. The number of carbonyl (C=O) groups excluding carboxylic acids is 1. The minimum atomic E-state index is -0.0667. The molecule has 5 nitrogen and oxygen atoms in total. The maximum atomic E-state index is 11.8. The number of nitrogens with one attached hydrogen (secondary N) is 1. The third kappa shape index (κ3) is 2.72. The third-order valence-electron chi connectivity index (χ3n) is 3.52. The molecule has 0 aromatic carbocycles. The van der Waals surface area contributed by atoms with Gasteiger partial charge in [-0.3, -0.25) is 9.69 Å². The smallest absolute Gasteiger partial charge is 0.237 e.